The summed E-state index contributed by atoms with van der Waals surface area (Å²) in [5.74, 6) is 4.53. The monoisotopic (exact) mass is 327 g/mol. The SMILES string of the molecule is Cc1cc(C(=O)N2C[C@H](c3nc(C4CC4)n[nH]3)[C@@H](C3CC3)C2)no1. The van der Waals surface area contributed by atoms with Crippen LogP contribution in [0.3, 0.4) is 0 Å². The van der Waals surface area contributed by atoms with E-state index in [1.165, 1.54) is 25.7 Å². The average Bonchev–Trinajstić information content (AvgIpc) is 3.47. The normalized spacial score (nSPS) is 27.0. The maximum atomic E-state index is 12.7. The van der Waals surface area contributed by atoms with Crippen LogP contribution in [0, 0.1) is 18.8 Å². The van der Waals surface area contributed by atoms with Crippen molar-refractivity contribution < 1.29 is 9.32 Å². The summed E-state index contributed by atoms with van der Waals surface area (Å²) in [4.78, 5) is 19.4. The molecular formula is C17H21N5O2. The zero-order chi connectivity index (χ0) is 16.3. The first-order valence-corrected chi connectivity index (χ1v) is 8.84. The second kappa shape index (κ2) is 5.16. The molecule has 5 rings (SSSR count). The van der Waals surface area contributed by atoms with Crippen LogP contribution in [0.2, 0.25) is 0 Å². The van der Waals surface area contributed by atoms with Crippen molar-refractivity contribution in [1.29, 1.82) is 0 Å². The Morgan fingerprint density at radius 3 is 2.79 bits per heavy atom. The molecule has 0 aromatic carbocycles. The summed E-state index contributed by atoms with van der Waals surface area (Å²) in [7, 11) is 0. The van der Waals surface area contributed by atoms with Gasteiger partial charge in [0.25, 0.3) is 5.91 Å². The van der Waals surface area contributed by atoms with Crippen molar-refractivity contribution in [2.75, 3.05) is 13.1 Å². The third kappa shape index (κ3) is 2.42. The van der Waals surface area contributed by atoms with E-state index in [0.717, 1.165) is 18.2 Å². The Hall–Kier alpha value is -2.18. The molecule has 2 aliphatic carbocycles. The highest BCUT2D eigenvalue weighted by Gasteiger charge is 2.46. The van der Waals surface area contributed by atoms with Crippen LogP contribution in [0.15, 0.2) is 10.6 Å². The highest BCUT2D eigenvalue weighted by molar-refractivity contribution is 5.92. The molecule has 3 aliphatic rings. The van der Waals surface area contributed by atoms with E-state index >= 15 is 0 Å². The maximum absolute atomic E-state index is 12.7. The van der Waals surface area contributed by atoms with Crippen LogP contribution in [0.25, 0.3) is 0 Å². The van der Waals surface area contributed by atoms with Crippen molar-refractivity contribution in [2.45, 2.75) is 44.4 Å². The quantitative estimate of drug-likeness (QED) is 0.930. The Morgan fingerprint density at radius 1 is 1.29 bits per heavy atom. The summed E-state index contributed by atoms with van der Waals surface area (Å²) >= 11 is 0. The molecule has 3 fully saturated rings. The molecule has 0 unspecified atom stereocenters. The highest BCUT2D eigenvalue weighted by Crippen LogP contribution is 2.47. The van der Waals surface area contributed by atoms with Gasteiger partial charge in [0.15, 0.2) is 11.5 Å². The lowest BCUT2D eigenvalue weighted by atomic mass is 9.91. The fourth-order valence-electron chi connectivity index (χ4n) is 3.89. The number of aryl methyl sites for hydroxylation is 1. The molecule has 126 valence electrons. The smallest absolute Gasteiger partial charge is 0.276 e. The van der Waals surface area contributed by atoms with E-state index in [0.29, 0.717) is 35.8 Å². The Bertz CT molecular complexity index is 774. The number of hydrogen-bond acceptors (Lipinski definition) is 5. The summed E-state index contributed by atoms with van der Waals surface area (Å²) in [5.41, 5.74) is 0.402. The van der Waals surface area contributed by atoms with E-state index in [1.54, 1.807) is 13.0 Å². The van der Waals surface area contributed by atoms with Crippen LogP contribution in [0.4, 0.5) is 0 Å². The van der Waals surface area contributed by atoms with Crippen LogP contribution < -0.4 is 0 Å². The molecular weight excluding hydrogens is 306 g/mol. The zero-order valence-electron chi connectivity index (χ0n) is 13.7. The van der Waals surface area contributed by atoms with Gasteiger partial charge in [-0.25, -0.2) is 4.98 Å². The maximum Gasteiger partial charge on any atom is 0.276 e. The summed E-state index contributed by atoms with van der Waals surface area (Å²) in [6.07, 6.45) is 4.92. The second-order valence-corrected chi connectivity index (χ2v) is 7.49. The third-order valence-corrected chi connectivity index (χ3v) is 5.54. The van der Waals surface area contributed by atoms with Gasteiger partial charge in [0, 0.05) is 31.0 Å². The predicted octanol–water partition coefficient (Wildman–Crippen LogP) is 2.24. The average molecular weight is 327 g/mol. The van der Waals surface area contributed by atoms with Crippen LogP contribution >= 0.6 is 0 Å². The van der Waals surface area contributed by atoms with Gasteiger partial charge in [-0.1, -0.05) is 5.16 Å². The van der Waals surface area contributed by atoms with Gasteiger partial charge in [-0.05, 0) is 44.4 Å². The number of carbonyl (C=O) groups is 1. The van der Waals surface area contributed by atoms with Crippen LogP contribution in [-0.2, 0) is 0 Å². The molecule has 24 heavy (non-hydrogen) atoms. The van der Waals surface area contributed by atoms with Gasteiger partial charge < -0.3 is 9.42 Å². The van der Waals surface area contributed by atoms with E-state index in [4.69, 9.17) is 9.51 Å². The molecule has 3 heterocycles. The summed E-state index contributed by atoms with van der Waals surface area (Å²) < 4.78 is 5.05. The lowest BCUT2D eigenvalue weighted by molar-refractivity contribution is 0.0774. The molecule has 1 aliphatic heterocycles. The largest absolute Gasteiger partial charge is 0.361 e. The van der Waals surface area contributed by atoms with Gasteiger partial charge in [0.2, 0.25) is 0 Å². The topological polar surface area (TPSA) is 87.9 Å². The van der Waals surface area contributed by atoms with Crippen LogP contribution in [0.1, 0.15) is 65.4 Å². The number of carbonyl (C=O) groups excluding carboxylic acids is 1. The molecule has 7 heteroatoms. The second-order valence-electron chi connectivity index (χ2n) is 7.49. The molecule has 1 amide bonds. The summed E-state index contributed by atoms with van der Waals surface area (Å²) in [6, 6.07) is 1.71. The van der Waals surface area contributed by atoms with Gasteiger partial charge >= 0.3 is 0 Å². The number of likely N-dealkylation sites (tertiary alicyclic amines) is 1. The Morgan fingerprint density at radius 2 is 2.12 bits per heavy atom. The Kier molecular flexibility index (Phi) is 3.05. The van der Waals surface area contributed by atoms with Gasteiger partial charge in [-0.2, -0.15) is 5.10 Å². The Labute approximate surface area is 139 Å². The van der Waals surface area contributed by atoms with Gasteiger partial charge in [0.1, 0.15) is 11.6 Å². The minimum atomic E-state index is -0.0399. The molecule has 2 atom stereocenters. The number of aromatic nitrogens is 4. The van der Waals surface area contributed by atoms with Crippen molar-refractivity contribution in [3.63, 3.8) is 0 Å². The number of nitrogens with zero attached hydrogens (tertiary/aromatic N) is 4. The summed E-state index contributed by atoms with van der Waals surface area (Å²) in [6.45, 7) is 3.27. The van der Waals surface area contributed by atoms with Gasteiger partial charge in [-0.15, -0.1) is 0 Å². The fourth-order valence-corrected chi connectivity index (χ4v) is 3.89. The lowest BCUT2D eigenvalue weighted by Crippen LogP contribution is -2.29. The highest BCUT2D eigenvalue weighted by atomic mass is 16.5. The molecule has 1 saturated heterocycles. The van der Waals surface area contributed by atoms with E-state index in [-0.39, 0.29) is 11.8 Å². The predicted molar refractivity (Wildman–Crippen MR) is 84.5 cm³/mol. The van der Waals surface area contributed by atoms with Crippen molar-refractivity contribution in [2.24, 2.45) is 11.8 Å². The fraction of sp³-hybridized carbons (Fsp3) is 0.647. The van der Waals surface area contributed by atoms with Crippen LogP contribution in [-0.4, -0.2) is 44.2 Å². The molecule has 2 aromatic rings. The van der Waals surface area contributed by atoms with Gasteiger partial charge in [-0.3, -0.25) is 9.89 Å². The number of rotatable bonds is 4. The molecule has 7 nitrogen and oxygen atoms in total. The first kappa shape index (κ1) is 14.2. The standard InChI is InChI=1S/C17H21N5O2/c1-9-6-14(21-24-9)17(23)22-7-12(10-2-3-10)13(8-22)16-18-15(19-20-16)11-4-5-11/h6,10-13H,2-5,7-8H2,1H3,(H,18,19,20)/t12-,13+/m1/s1. The van der Waals surface area contributed by atoms with Crippen molar-refractivity contribution >= 4 is 5.91 Å². The first-order valence-electron chi connectivity index (χ1n) is 8.84. The van der Waals surface area contributed by atoms with E-state index in [1.807, 2.05) is 4.90 Å². The van der Waals surface area contributed by atoms with E-state index < -0.39 is 0 Å². The molecule has 0 radical (unpaired) electrons. The number of amides is 1. The van der Waals surface area contributed by atoms with Gasteiger partial charge in [0.05, 0.1) is 0 Å². The minimum Gasteiger partial charge on any atom is -0.361 e. The zero-order valence-corrected chi connectivity index (χ0v) is 13.7. The summed E-state index contributed by atoms with van der Waals surface area (Å²) in [5, 5.41) is 11.4. The van der Waals surface area contributed by atoms with Crippen molar-refractivity contribution in [3.05, 3.63) is 29.2 Å². The number of aromatic amines is 1. The molecule has 2 saturated carbocycles. The molecule has 2 aromatic heterocycles. The van der Waals surface area contributed by atoms with E-state index in [9.17, 15) is 4.79 Å². The Balaban J connectivity index is 1.38. The van der Waals surface area contributed by atoms with Crippen molar-refractivity contribution in [3.8, 4) is 0 Å². The number of nitrogens with one attached hydrogen (secondary N) is 1. The lowest BCUT2D eigenvalue weighted by Gasteiger charge is -2.14. The number of hydrogen-bond donors (Lipinski definition) is 1. The molecule has 1 N–H and O–H groups in total. The van der Waals surface area contributed by atoms with Crippen LogP contribution in [0.5, 0.6) is 0 Å². The van der Waals surface area contributed by atoms with E-state index in [2.05, 4.69) is 15.4 Å². The minimum absolute atomic E-state index is 0.0399. The number of H-pyrrole nitrogens is 1. The molecule has 0 spiro atoms. The van der Waals surface area contributed by atoms with Crippen molar-refractivity contribution in [1.82, 2.24) is 25.2 Å². The third-order valence-electron chi connectivity index (χ3n) is 5.54. The first-order chi connectivity index (χ1) is 11.7. The molecule has 0 bridgehead atoms.